The third-order valence-electron chi connectivity index (χ3n) is 3.53. The molecule has 1 heterocycles. The second-order valence-corrected chi connectivity index (χ2v) is 6.53. The molecule has 1 aliphatic heterocycles. The Morgan fingerprint density at radius 1 is 1.50 bits per heavy atom. The van der Waals surface area contributed by atoms with Crippen molar-refractivity contribution in [2.75, 3.05) is 19.6 Å². The van der Waals surface area contributed by atoms with Crippen LogP contribution in [-0.4, -0.2) is 24.5 Å². The van der Waals surface area contributed by atoms with E-state index in [1.54, 1.807) is 0 Å². The summed E-state index contributed by atoms with van der Waals surface area (Å²) in [4.78, 5) is 2.43. The normalized spacial score (nSPS) is 24.0. The van der Waals surface area contributed by atoms with Gasteiger partial charge in [0.05, 0.1) is 0 Å². The van der Waals surface area contributed by atoms with Crippen LogP contribution in [0, 0.1) is 5.41 Å². The minimum atomic E-state index is 0. The minimum Gasteiger partial charge on any atom is -0.330 e. The zero-order valence-electron chi connectivity index (χ0n) is 10.5. The first-order chi connectivity index (χ1) is 8.02. The summed E-state index contributed by atoms with van der Waals surface area (Å²) in [6, 6.07) is 6.01. The predicted molar refractivity (Wildman–Crippen MR) is 83.5 cm³/mol. The van der Waals surface area contributed by atoms with E-state index in [1.165, 1.54) is 12.0 Å². The lowest BCUT2D eigenvalue weighted by atomic mass is 9.90. The summed E-state index contributed by atoms with van der Waals surface area (Å²) in [6.45, 7) is 6.10. The second-order valence-electron chi connectivity index (χ2n) is 5.21. The van der Waals surface area contributed by atoms with Crippen molar-refractivity contribution in [3.63, 3.8) is 0 Å². The molecule has 2 rings (SSSR count). The van der Waals surface area contributed by atoms with Crippen LogP contribution in [0.2, 0.25) is 5.02 Å². The summed E-state index contributed by atoms with van der Waals surface area (Å²) < 4.78 is 1.08. The Bertz CT molecular complexity index is 414. The highest BCUT2D eigenvalue weighted by Crippen LogP contribution is 2.31. The van der Waals surface area contributed by atoms with Gasteiger partial charge in [0.15, 0.2) is 0 Å². The molecule has 0 amide bonds. The van der Waals surface area contributed by atoms with E-state index in [0.717, 1.165) is 35.7 Å². The van der Waals surface area contributed by atoms with Gasteiger partial charge in [-0.1, -0.05) is 34.5 Å². The number of nitrogens with two attached hydrogens (primary N) is 1. The van der Waals surface area contributed by atoms with Crippen LogP contribution in [0.4, 0.5) is 0 Å². The molecule has 0 radical (unpaired) electrons. The van der Waals surface area contributed by atoms with Crippen LogP contribution in [-0.2, 0) is 6.54 Å². The molecule has 0 spiro atoms. The van der Waals surface area contributed by atoms with Crippen molar-refractivity contribution in [1.82, 2.24) is 4.90 Å². The zero-order chi connectivity index (χ0) is 12.5. The lowest BCUT2D eigenvalue weighted by molar-refractivity contribution is 0.274. The van der Waals surface area contributed by atoms with Crippen molar-refractivity contribution in [1.29, 1.82) is 0 Å². The Balaban J connectivity index is 0.00000162. The van der Waals surface area contributed by atoms with Gasteiger partial charge in [-0.2, -0.15) is 0 Å². The Labute approximate surface area is 128 Å². The number of hydrogen-bond donors (Lipinski definition) is 1. The smallest absolute Gasteiger partial charge is 0.0451 e. The quantitative estimate of drug-likeness (QED) is 0.897. The average molecular weight is 354 g/mol. The average Bonchev–Trinajstić information content (AvgIpc) is 2.67. The highest BCUT2D eigenvalue weighted by Gasteiger charge is 2.32. The monoisotopic (exact) mass is 352 g/mol. The lowest BCUT2D eigenvalue weighted by Crippen LogP contribution is -2.31. The Morgan fingerprint density at radius 3 is 2.83 bits per heavy atom. The summed E-state index contributed by atoms with van der Waals surface area (Å²) in [7, 11) is 0. The molecule has 0 saturated carbocycles. The van der Waals surface area contributed by atoms with Crippen LogP contribution < -0.4 is 5.73 Å². The fraction of sp³-hybridized carbons (Fsp3) is 0.538. The molecule has 1 unspecified atom stereocenters. The summed E-state index contributed by atoms with van der Waals surface area (Å²) in [6.07, 6.45) is 1.18. The van der Waals surface area contributed by atoms with E-state index in [-0.39, 0.29) is 17.8 Å². The van der Waals surface area contributed by atoms with Crippen molar-refractivity contribution in [3.8, 4) is 0 Å². The third-order valence-corrected chi connectivity index (χ3v) is 4.39. The molecule has 18 heavy (non-hydrogen) atoms. The van der Waals surface area contributed by atoms with Crippen LogP contribution in [0.25, 0.3) is 0 Å². The number of nitrogens with zero attached hydrogens (tertiary/aromatic N) is 1. The SMILES string of the molecule is CC1(CN)CCN(Cc2cc(Br)ccc2Cl)C1.Cl. The molecule has 1 aliphatic rings. The highest BCUT2D eigenvalue weighted by molar-refractivity contribution is 9.10. The first kappa shape index (κ1) is 16.3. The van der Waals surface area contributed by atoms with Gasteiger partial charge >= 0.3 is 0 Å². The van der Waals surface area contributed by atoms with Gasteiger partial charge in [0.25, 0.3) is 0 Å². The molecule has 2 N–H and O–H groups in total. The fourth-order valence-electron chi connectivity index (χ4n) is 2.33. The van der Waals surface area contributed by atoms with Crippen molar-refractivity contribution in [3.05, 3.63) is 33.3 Å². The molecule has 0 bridgehead atoms. The van der Waals surface area contributed by atoms with Crippen molar-refractivity contribution >= 4 is 39.9 Å². The predicted octanol–water partition coefficient (Wildman–Crippen LogP) is 3.70. The van der Waals surface area contributed by atoms with Crippen LogP contribution in [0.5, 0.6) is 0 Å². The van der Waals surface area contributed by atoms with Gasteiger partial charge in [0.2, 0.25) is 0 Å². The van der Waals surface area contributed by atoms with E-state index in [1.807, 2.05) is 12.1 Å². The van der Waals surface area contributed by atoms with E-state index < -0.39 is 0 Å². The van der Waals surface area contributed by atoms with Crippen molar-refractivity contribution in [2.24, 2.45) is 11.1 Å². The maximum absolute atomic E-state index is 6.21. The van der Waals surface area contributed by atoms with Crippen LogP contribution >= 0.6 is 39.9 Å². The molecule has 1 aromatic rings. The molecule has 5 heteroatoms. The molecular weight excluding hydrogens is 335 g/mol. The molecule has 2 nitrogen and oxygen atoms in total. The standard InChI is InChI=1S/C13H18BrClN2.ClH/c1-13(8-16)4-5-17(9-13)7-10-6-11(14)2-3-12(10)15;/h2-3,6H,4-5,7-9,16H2,1H3;1H. The van der Waals surface area contributed by atoms with Crippen molar-refractivity contribution in [2.45, 2.75) is 19.9 Å². The third kappa shape index (κ3) is 3.84. The Hall–Kier alpha value is 0.200. The minimum absolute atomic E-state index is 0. The van der Waals surface area contributed by atoms with E-state index in [4.69, 9.17) is 17.3 Å². The van der Waals surface area contributed by atoms with Crippen LogP contribution in [0.3, 0.4) is 0 Å². The van der Waals surface area contributed by atoms with E-state index in [0.29, 0.717) is 0 Å². The van der Waals surface area contributed by atoms with Crippen LogP contribution in [0.1, 0.15) is 18.9 Å². The van der Waals surface area contributed by atoms with Gasteiger partial charge in [0.1, 0.15) is 0 Å². The zero-order valence-corrected chi connectivity index (χ0v) is 13.6. The van der Waals surface area contributed by atoms with Gasteiger partial charge in [-0.15, -0.1) is 12.4 Å². The largest absolute Gasteiger partial charge is 0.330 e. The highest BCUT2D eigenvalue weighted by atomic mass is 79.9. The summed E-state index contributed by atoms with van der Waals surface area (Å²) in [5.74, 6) is 0. The Morgan fingerprint density at radius 2 is 2.22 bits per heavy atom. The summed E-state index contributed by atoms with van der Waals surface area (Å²) in [5.41, 5.74) is 7.28. The van der Waals surface area contributed by atoms with Gasteiger partial charge in [-0.05, 0) is 48.7 Å². The van der Waals surface area contributed by atoms with Gasteiger partial charge < -0.3 is 5.73 Å². The molecular formula is C13H19BrCl2N2. The van der Waals surface area contributed by atoms with E-state index >= 15 is 0 Å². The molecule has 1 saturated heterocycles. The number of hydrogen-bond acceptors (Lipinski definition) is 2. The lowest BCUT2D eigenvalue weighted by Gasteiger charge is -2.22. The first-order valence-corrected chi connectivity index (χ1v) is 7.06. The van der Waals surface area contributed by atoms with Crippen molar-refractivity contribution < 1.29 is 0 Å². The topological polar surface area (TPSA) is 29.3 Å². The number of rotatable bonds is 3. The van der Waals surface area contributed by atoms with Gasteiger partial charge in [0, 0.05) is 22.6 Å². The number of halogens is 3. The second kappa shape index (κ2) is 6.58. The fourth-order valence-corrected chi connectivity index (χ4v) is 2.92. The number of likely N-dealkylation sites (tertiary alicyclic amines) is 1. The van der Waals surface area contributed by atoms with Gasteiger partial charge in [-0.3, -0.25) is 4.90 Å². The molecule has 1 fully saturated rings. The van der Waals surface area contributed by atoms with E-state index in [9.17, 15) is 0 Å². The van der Waals surface area contributed by atoms with Crippen LogP contribution in [0.15, 0.2) is 22.7 Å². The molecule has 1 aromatic carbocycles. The molecule has 0 aromatic heterocycles. The maximum atomic E-state index is 6.21. The molecule has 1 atom stereocenters. The number of benzene rings is 1. The first-order valence-electron chi connectivity index (χ1n) is 5.89. The Kier molecular flexibility index (Phi) is 5.94. The van der Waals surface area contributed by atoms with E-state index in [2.05, 4.69) is 33.8 Å². The maximum Gasteiger partial charge on any atom is 0.0451 e. The summed E-state index contributed by atoms with van der Waals surface area (Å²) in [5, 5.41) is 0.842. The molecule has 102 valence electrons. The summed E-state index contributed by atoms with van der Waals surface area (Å²) >= 11 is 9.69. The molecule has 0 aliphatic carbocycles. The van der Waals surface area contributed by atoms with Gasteiger partial charge in [-0.25, -0.2) is 0 Å².